The van der Waals surface area contributed by atoms with Crippen molar-refractivity contribution in [3.8, 4) is 0 Å². The summed E-state index contributed by atoms with van der Waals surface area (Å²) in [6.45, 7) is 6.39. The van der Waals surface area contributed by atoms with Crippen molar-refractivity contribution >= 4 is 34.8 Å². The van der Waals surface area contributed by atoms with Crippen molar-refractivity contribution in [1.29, 1.82) is 0 Å². The third kappa shape index (κ3) is 5.23. The molecule has 1 heterocycles. The number of anilines is 1. The highest BCUT2D eigenvalue weighted by Crippen LogP contribution is 2.40. The summed E-state index contributed by atoms with van der Waals surface area (Å²) < 4.78 is 5.18. The number of rotatable bonds is 5. The molecule has 1 aromatic heterocycles. The molecule has 2 amide bonds. The van der Waals surface area contributed by atoms with Crippen LogP contribution in [0.4, 0.5) is 5.69 Å². The van der Waals surface area contributed by atoms with E-state index >= 15 is 0 Å². The summed E-state index contributed by atoms with van der Waals surface area (Å²) in [5.74, 6) is -0.861. The molecule has 0 bridgehead atoms. The minimum atomic E-state index is -0.538. The van der Waals surface area contributed by atoms with Crippen LogP contribution in [0.5, 0.6) is 0 Å². The van der Waals surface area contributed by atoms with Gasteiger partial charge < -0.3 is 15.8 Å². The van der Waals surface area contributed by atoms with Gasteiger partial charge in [0.05, 0.1) is 0 Å². The average Bonchev–Trinajstić information content (AvgIpc) is 3.09. The zero-order chi connectivity index (χ0) is 21.2. The van der Waals surface area contributed by atoms with Gasteiger partial charge in [-0.25, -0.2) is 4.79 Å². The molecule has 0 fully saturated rings. The van der Waals surface area contributed by atoms with Crippen LogP contribution in [-0.2, 0) is 22.4 Å². The predicted molar refractivity (Wildman–Crippen MR) is 113 cm³/mol. The first-order valence-electron chi connectivity index (χ1n) is 9.62. The molecule has 1 aliphatic rings. The summed E-state index contributed by atoms with van der Waals surface area (Å²) in [5.41, 5.74) is 7.50. The lowest BCUT2D eigenvalue weighted by atomic mass is 9.72. The van der Waals surface area contributed by atoms with Crippen molar-refractivity contribution in [2.45, 2.75) is 40.0 Å². The largest absolute Gasteiger partial charge is 0.451 e. The van der Waals surface area contributed by atoms with Crippen molar-refractivity contribution in [3.63, 3.8) is 0 Å². The van der Waals surface area contributed by atoms with Crippen LogP contribution in [0.3, 0.4) is 0 Å². The number of amides is 2. The van der Waals surface area contributed by atoms with Gasteiger partial charge in [0.25, 0.3) is 5.91 Å². The number of thiophene rings is 1. The Bertz CT molecular complexity index is 925. The molecule has 0 saturated carbocycles. The van der Waals surface area contributed by atoms with E-state index in [-0.39, 0.29) is 12.0 Å². The van der Waals surface area contributed by atoms with E-state index in [9.17, 15) is 14.4 Å². The van der Waals surface area contributed by atoms with Gasteiger partial charge in [0.1, 0.15) is 4.88 Å². The number of aryl methyl sites for hydroxylation is 1. The molecule has 6 nitrogen and oxygen atoms in total. The zero-order valence-corrected chi connectivity index (χ0v) is 17.7. The Morgan fingerprint density at radius 1 is 1.21 bits per heavy atom. The van der Waals surface area contributed by atoms with Crippen LogP contribution in [-0.4, -0.2) is 24.4 Å². The van der Waals surface area contributed by atoms with Crippen molar-refractivity contribution in [1.82, 2.24) is 0 Å². The number of primary amides is 1. The molecule has 0 spiro atoms. The van der Waals surface area contributed by atoms with Crippen LogP contribution in [0.25, 0.3) is 0 Å². The smallest absolute Gasteiger partial charge is 0.348 e. The summed E-state index contributed by atoms with van der Waals surface area (Å²) >= 11 is 1.47. The molecular formula is C22H26N2O4S. The monoisotopic (exact) mass is 414 g/mol. The van der Waals surface area contributed by atoms with Crippen LogP contribution in [0.1, 0.15) is 57.7 Å². The lowest BCUT2D eigenvalue weighted by Crippen LogP contribution is -2.26. The van der Waals surface area contributed by atoms with Gasteiger partial charge in [-0.15, -0.1) is 11.3 Å². The first-order chi connectivity index (χ1) is 13.6. The Kier molecular flexibility index (Phi) is 6.07. The van der Waals surface area contributed by atoms with E-state index in [0.717, 1.165) is 19.3 Å². The first kappa shape index (κ1) is 21.0. The predicted octanol–water partition coefficient (Wildman–Crippen LogP) is 3.79. The molecule has 0 unspecified atom stereocenters. The van der Waals surface area contributed by atoms with Gasteiger partial charge in [0, 0.05) is 16.1 Å². The molecule has 0 radical (unpaired) electrons. The van der Waals surface area contributed by atoms with Crippen molar-refractivity contribution in [2.75, 3.05) is 11.9 Å². The maximum absolute atomic E-state index is 12.4. The molecular weight excluding hydrogens is 388 g/mol. The Balaban J connectivity index is 1.54. The minimum Gasteiger partial charge on any atom is -0.451 e. The van der Waals surface area contributed by atoms with E-state index < -0.39 is 17.8 Å². The number of ether oxygens (including phenoxy) is 1. The standard InChI is InChI=1S/C22H26N2O4S/c1-22(2,3)15-6-9-17-14(10-15)11-18(29-17)21(27)28-12-19(25)24-16-7-4-13(5-8-16)20(23)26/h4-5,7-8,11,15H,6,9-10,12H2,1-3H3,(H2,23,26)(H,24,25)/t15-/m0/s1. The summed E-state index contributed by atoms with van der Waals surface area (Å²) in [6.07, 6.45) is 3.09. The van der Waals surface area contributed by atoms with Crippen LogP contribution < -0.4 is 11.1 Å². The van der Waals surface area contributed by atoms with Gasteiger partial charge in [-0.1, -0.05) is 20.8 Å². The fraction of sp³-hybridized carbons (Fsp3) is 0.409. The minimum absolute atomic E-state index is 0.244. The number of fused-ring (bicyclic) bond motifs is 1. The number of carbonyl (C=O) groups is 3. The molecule has 0 saturated heterocycles. The second-order valence-electron chi connectivity index (χ2n) is 8.43. The number of carbonyl (C=O) groups excluding carboxylic acids is 3. The third-order valence-corrected chi connectivity index (χ3v) is 6.51. The maximum atomic E-state index is 12.4. The second-order valence-corrected chi connectivity index (χ2v) is 9.57. The second kappa shape index (κ2) is 8.37. The molecule has 1 aromatic carbocycles. The molecule has 7 heteroatoms. The van der Waals surface area contributed by atoms with Crippen LogP contribution >= 0.6 is 11.3 Å². The van der Waals surface area contributed by atoms with E-state index in [1.165, 1.54) is 33.9 Å². The fourth-order valence-electron chi connectivity index (χ4n) is 3.48. The van der Waals surface area contributed by atoms with E-state index in [0.29, 0.717) is 22.0 Å². The van der Waals surface area contributed by atoms with Gasteiger partial charge in [-0.2, -0.15) is 0 Å². The average molecular weight is 415 g/mol. The lowest BCUT2D eigenvalue weighted by molar-refractivity contribution is -0.119. The lowest BCUT2D eigenvalue weighted by Gasteiger charge is -2.33. The number of nitrogens with one attached hydrogen (secondary N) is 1. The van der Waals surface area contributed by atoms with E-state index in [4.69, 9.17) is 10.5 Å². The van der Waals surface area contributed by atoms with Crippen molar-refractivity contribution in [2.24, 2.45) is 17.1 Å². The van der Waals surface area contributed by atoms with Gasteiger partial charge >= 0.3 is 5.97 Å². The molecule has 0 aliphatic heterocycles. The zero-order valence-electron chi connectivity index (χ0n) is 16.9. The van der Waals surface area contributed by atoms with Crippen LogP contribution in [0, 0.1) is 11.3 Å². The van der Waals surface area contributed by atoms with Crippen molar-refractivity contribution in [3.05, 3.63) is 51.2 Å². The highest BCUT2D eigenvalue weighted by molar-refractivity contribution is 7.14. The number of benzene rings is 1. The first-order valence-corrected chi connectivity index (χ1v) is 10.4. The summed E-state index contributed by atoms with van der Waals surface area (Å²) in [7, 11) is 0. The molecule has 1 atom stereocenters. The van der Waals surface area contributed by atoms with Gasteiger partial charge in [-0.3, -0.25) is 9.59 Å². The van der Waals surface area contributed by atoms with E-state index in [2.05, 4.69) is 26.1 Å². The molecule has 3 rings (SSSR count). The van der Waals surface area contributed by atoms with E-state index in [1.54, 1.807) is 12.1 Å². The van der Waals surface area contributed by atoms with Gasteiger partial charge in [0.15, 0.2) is 6.61 Å². The molecule has 29 heavy (non-hydrogen) atoms. The Morgan fingerprint density at radius 2 is 1.90 bits per heavy atom. The van der Waals surface area contributed by atoms with Gasteiger partial charge in [0.2, 0.25) is 5.91 Å². The number of nitrogens with two attached hydrogens (primary N) is 1. The van der Waals surface area contributed by atoms with Crippen molar-refractivity contribution < 1.29 is 19.1 Å². The summed E-state index contributed by atoms with van der Waals surface area (Å²) in [6, 6.07) is 8.09. The summed E-state index contributed by atoms with van der Waals surface area (Å²) in [4.78, 5) is 37.3. The van der Waals surface area contributed by atoms with Crippen LogP contribution in [0.2, 0.25) is 0 Å². The Morgan fingerprint density at radius 3 is 2.52 bits per heavy atom. The number of esters is 1. The quantitative estimate of drug-likeness (QED) is 0.727. The SMILES string of the molecule is CC(C)(C)[C@H]1CCc2sc(C(=O)OCC(=O)Nc3ccc(C(N)=O)cc3)cc2C1. The molecule has 1 aliphatic carbocycles. The van der Waals surface area contributed by atoms with Gasteiger partial charge in [-0.05, 0) is 66.5 Å². The summed E-state index contributed by atoms with van der Waals surface area (Å²) in [5, 5.41) is 2.62. The molecule has 154 valence electrons. The Hall–Kier alpha value is -2.67. The Labute approximate surface area is 174 Å². The third-order valence-electron chi connectivity index (χ3n) is 5.30. The normalized spacial score (nSPS) is 16.0. The highest BCUT2D eigenvalue weighted by atomic mass is 32.1. The maximum Gasteiger partial charge on any atom is 0.348 e. The highest BCUT2D eigenvalue weighted by Gasteiger charge is 2.30. The number of hydrogen-bond donors (Lipinski definition) is 2. The molecule has 2 aromatic rings. The van der Waals surface area contributed by atoms with Crippen LogP contribution in [0.15, 0.2) is 30.3 Å². The topological polar surface area (TPSA) is 98.5 Å². The van der Waals surface area contributed by atoms with E-state index in [1.807, 2.05) is 6.07 Å². The fourth-order valence-corrected chi connectivity index (χ4v) is 4.58. The number of hydrogen-bond acceptors (Lipinski definition) is 5. The molecule has 3 N–H and O–H groups in total.